The van der Waals surface area contributed by atoms with Crippen LogP contribution in [0.25, 0.3) is 0 Å². The van der Waals surface area contributed by atoms with Crippen molar-refractivity contribution in [3.05, 3.63) is 22.4 Å². The van der Waals surface area contributed by atoms with Gasteiger partial charge in [-0.25, -0.2) is 0 Å². The van der Waals surface area contributed by atoms with Crippen LogP contribution in [0.3, 0.4) is 0 Å². The van der Waals surface area contributed by atoms with E-state index in [4.69, 9.17) is 0 Å². The molecule has 0 fully saturated rings. The minimum Gasteiger partial charge on any atom is -0.351 e. The van der Waals surface area contributed by atoms with Gasteiger partial charge in [-0.3, -0.25) is 9.59 Å². The molecule has 0 saturated heterocycles. The summed E-state index contributed by atoms with van der Waals surface area (Å²) < 4.78 is 2.58. The quantitative estimate of drug-likeness (QED) is 0.885. The second-order valence-electron chi connectivity index (χ2n) is 5.46. The summed E-state index contributed by atoms with van der Waals surface area (Å²) in [6.45, 7) is 6.09. The number of nitrogens with one attached hydrogen (secondary N) is 2. The second-order valence-corrected chi connectivity index (χ2v) is 6.37. The average molecular weight is 330 g/mol. The number of carbonyl (C=O) groups excluding carboxylic acids is 2. The number of amides is 2. The van der Waals surface area contributed by atoms with Gasteiger partial charge in [-0.2, -0.15) is 0 Å². The summed E-state index contributed by atoms with van der Waals surface area (Å²) >= 11 is 3.31. The minimum absolute atomic E-state index is 0.0686. The number of hydrogen-bond acceptors (Lipinski definition) is 2. The van der Waals surface area contributed by atoms with Crippen LogP contribution in [0, 0.1) is 0 Å². The Labute approximate surface area is 121 Å². The molecule has 5 nitrogen and oxygen atoms in total. The van der Waals surface area contributed by atoms with Crippen molar-refractivity contribution in [2.75, 3.05) is 6.54 Å². The first kappa shape index (κ1) is 15.8. The fraction of sp³-hybridized carbons (Fsp3) is 0.538. The standard InChI is InChI=1S/C13H20BrN3O2/c1-13(2,3)16-11(18)5-6-15-12(19)10-7-9(14)8-17(10)4/h7-8H,5-6H2,1-4H3,(H,15,19)(H,16,18). The van der Waals surface area contributed by atoms with Crippen LogP contribution in [0.15, 0.2) is 16.7 Å². The van der Waals surface area contributed by atoms with E-state index in [0.29, 0.717) is 12.2 Å². The molecule has 1 heterocycles. The molecule has 1 aromatic rings. The number of carbonyl (C=O) groups is 2. The minimum atomic E-state index is -0.246. The molecule has 0 bridgehead atoms. The molecule has 0 atom stereocenters. The lowest BCUT2D eigenvalue weighted by Gasteiger charge is -2.20. The van der Waals surface area contributed by atoms with E-state index in [1.54, 1.807) is 23.9 Å². The first-order chi connectivity index (χ1) is 8.69. The normalized spacial score (nSPS) is 11.2. The topological polar surface area (TPSA) is 63.1 Å². The maximum atomic E-state index is 11.9. The summed E-state index contributed by atoms with van der Waals surface area (Å²) in [5.41, 5.74) is 0.312. The molecule has 6 heteroatoms. The first-order valence-corrected chi connectivity index (χ1v) is 6.89. The van der Waals surface area contributed by atoms with Crippen molar-refractivity contribution in [1.29, 1.82) is 0 Å². The summed E-state index contributed by atoms with van der Waals surface area (Å²) in [6.07, 6.45) is 2.08. The molecule has 2 amide bonds. The summed E-state index contributed by atoms with van der Waals surface area (Å²) in [5.74, 6) is -0.252. The zero-order chi connectivity index (χ0) is 14.6. The van der Waals surface area contributed by atoms with Gasteiger partial charge in [-0.05, 0) is 42.8 Å². The molecule has 19 heavy (non-hydrogen) atoms. The van der Waals surface area contributed by atoms with E-state index < -0.39 is 0 Å². The van der Waals surface area contributed by atoms with E-state index in [0.717, 1.165) is 4.47 Å². The highest BCUT2D eigenvalue weighted by atomic mass is 79.9. The SMILES string of the molecule is Cn1cc(Br)cc1C(=O)NCCC(=O)NC(C)(C)C. The summed E-state index contributed by atoms with van der Waals surface area (Å²) in [4.78, 5) is 23.4. The Kier molecular flexibility index (Phi) is 5.17. The van der Waals surface area contributed by atoms with Gasteiger partial charge >= 0.3 is 0 Å². The number of rotatable bonds is 4. The highest BCUT2D eigenvalue weighted by Gasteiger charge is 2.14. The molecule has 106 valence electrons. The van der Waals surface area contributed by atoms with Gasteiger partial charge < -0.3 is 15.2 Å². The molecule has 0 radical (unpaired) electrons. The van der Waals surface area contributed by atoms with Crippen molar-refractivity contribution in [3.8, 4) is 0 Å². The van der Waals surface area contributed by atoms with Gasteiger partial charge in [0.1, 0.15) is 5.69 Å². The van der Waals surface area contributed by atoms with E-state index >= 15 is 0 Å². The molecular formula is C13H20BrN3O2. The van der Waals surface area contributed by atoms with Crippen molar-refractivity contribution in [3.63, 3.8) is 0 Å². The average Bonchev–Trinajstić information content (AvgIpc) is 2.55. The molecule has 0 aliphatic carbocycles. The van der Waals surface area contributed by atoms with E-state index in [9.17, 15) is 9.59 Å². The van der Waals surface area contributed by atoms with Crippen LogP contribution in [-0.2, 0) is 11.8 Å². The number of aryl methyl sites for hydroxylation is 1. The zero-order valence-electron chi connectivity index (χ0n) is 11.7. The van der Waals surface area contributed by atoms with Gasteiger partial charge in [-0.1, -0.05) is 0 Å². The third-order valence-corrected chi connectivity index (χ3v) is 2.79. The fourth-order valence-corrected chi connectivity index (χ4v) is 2.13. The summed E-state index contributed by atoms with van der Waals surface area (Å²) in [7, 11) is 1.80. The predicted molar refractivity (Wildman–Crippen MR) is 78.0 cm³/mol. The van der Waals surface area contributed by atoms with Gasteiger partial charge in [0.2, 0.25) is 5.91 Å². The van der Waals surface area contributed by atoms with Crippen molar-refractivity contribution in [2.24, 2.45) is 7.05 Å². The largest absolute Gasteiger partial charge is 0.351 e. The van der Waals surface area contributed by atoms with Crippen molar-refractivity contribution in [2.45, 2.75) is 32.7 Å². The highest BCUT2D eigenvalue weighted by Crippen LogP contribution is 2.13. The Morgan fingerprint density at radius 3 is 2.47 bits per heavy atom. The molecule has 0 aliphatic heterocycles. The Bertz CT molecular complexity index is 475. The van der Waals surface area contributed by atoms with Crippen LogP contribution < -0.4 is 10.6 Å². The van der Waals surface area contributed by atoms with Gasteiger partial charge in [0.05, 0.1) is 0 Å². The van der Waals surface area contributed by atoms with E-state index in [1.807, 2.05) is 20.8 Å². The molecule has 0 spiro atoms. The van der Waals surface area contributed by atoms with E-state index in [2.05, 4.69) is 26.6 Å². The fourth-order valence-electron chi connectivity index (χ4n) is 1.61. The van der Waals surface area contributed by atoms with Gasteiger partial charge in [0.25, 0.3) is 5.91 Å². The number of halogens is 1. The predicted octanol–water partition coefficient (Wildman–Crippen LogP) is 1.82. The highest BCUT2D eigenvalue weighted by molar-refractivity contribution is 9.10. The van der Waals surface area contributed by atoms with Gasteiger partial charge in [0, 0.05) is 36.2 Å². The summed E-state index contributed by atoms with van der Waals surface area (Å²) in [6, 6.07) is 1.74. The molecule has 0 aromatic carbocycles. The Balaban J connectivity index is 2.40. The summed E-state index contributed by atoms with van der Waals surface area (Å²) in [5, 5.41) is 5.57. The van der Waals surface area contributed by atoms with Crippen LogP contribution in [0.4, 0.5) is 0 Å². The van der Waals surface area contributed by atoms with Gasteiger partial charge in [-0.15, -0.1) is 0 Å². The lowest BCUT2D eigenvalue weighted by molar-refractivity contribution is -0.122. The molecule has 1 aromatic heterocycles. The third-order valence-electron chi connectivity index (χ3n) is 2.36. The molecule has 0 unspecified atom stereocenters. The van der Waals surface area contributed by atoms with E-state index in [1.165, 1.54) is 0 Å². The van der Waals surface area contributed by atoms with E-state index in [-0.39, 0.29) is 23.8 Å². The molecular weight excluding hydrogens is 310 g/mol. The monoisotopic (exact) mass is 329 g/mol. The van der Waals surface area contributed by atoms with Crippen LogP contribution in [-0.4, -0.2) is 28.5 Å². The van der Waals surface area contributed by atoms with Crippen LogP contribution >= 0.6 is 15.9 Å². The Morgan fingerprint density at radius 1 is 1.37 bits per heavy atom. The number of nitrogens with zero attached hydrogens (tertiary/aromatic N) is 1. The van der Waals surface area contributed by atoms with Crippen LogP contribution in [0.2, 0.25) is 0 Å². The van der Waals surface area contributed by atoms with Crippen molar-refractivity contribution >= 4 is 27.7 Å². The maximum absolute atomic E-state index is 11.9. The number of aromatic nitrogens is 1. The van der Waals surface area contributed by atoms with Gasteiger partial charge in [0.15, 0.2) is 0 Å². The van der Waals surface area contributed by atoms with Crippen molar-refractivity contribution < 1.29 is 9.59 Å². The Morgan fingerprint density at radius 2 is 2.00 bits per heavy atom. The Hall–Kier alpha value is -1.30. The molecule has 0 aliphatic rings. The molecule has 0 saturated carbocycles. The van der Waals surface area contributed by atoms with Crippen LogP contribution in [0.5, 0.6) is 0 Å². The lowest BCUT2D eigenvalue weighted by atomic mass is 10.1. The lowest BCUT2D eigenvalue weighted by Crippen LogP contribution is -2.42. The smallest absolute Gasteiger partial charge is 0.267 e. The van der Waals surface area contributed by atoms with Crippen molar-refractivity contribution in [1.82, 2.24) is 15.2 Å². The molecule has 1 rings (SSSR count). The molecule has 2 N–H and O–H groups in total. The zero-order valence-corrected chi connectivity index (χ0v) is 13.3. The second kappa shape index (κ2) is 6.23. The maximum Gasteiger partial charge on any atom is 0.267 e. The third kappa shape index (κ3) is 5.46. The number of hydrogen-bond donors (Lipinski definition) is 2. The van der Waals surface area contributed by atoms with Crippen LogP contribution in [0.1, 0.15) is 37.7 Å². The first-order valence-electron chi connectivity index (χ1n) is 6.10.